The Morgan fingerprint density at radius 3 is 2.62 bits per heavy atom. The molecule has 0 aliphatic carbocycles. The standard InChI is InChI=1S/C20H21N3O5S/c1-5-29(25,26)28-11-6-7-12(17(8-11)27-4)18-21-15-9-13-14(10-16(15)22-18)23-19(24)20(13,2)3/h6-10H,5H2,1-4H3,(H,21,22)(H,23,24). The largest absolute Gasteiger partial charge is 0.496 e. The Balaban J connectivity index is 1.76. The van der Waals surface area contributed by atoms with Gasteiger partial charge in [-0.15, -0.1) is 0 Å². The van der Waals surface area contributed by atoms with Crippen LogP contribution < -0.4 is 14.2 Å². The van der Waals surface area contributed by atoms with Crippen molar-refractivity contribution in [2.75, 3.05) is 18.2 Å². The number of carbonyl (C=O) groups is 1. The molecule has 0 saturated heterocycles. The Morgan fingerprint density at radius 2 is 1.93 bits per heavy atom. The van der Waals surface area contributed by atoms with E-state index in [9.17, 15) is 13.2 Å². The molecular formula is C20H21N3O5S. The van der Waals surface area contributed by atoms with Gasteiger partial charge >= 0.3 is 10.1 Å². The molecule has 1 aliphatic heterocycles. The van der Waals surface area contributed by atoms with Crippen LogP contribution in [0.3, 0.4) is 0 Å². The lowest BCUT2D eigenvalue weighted by Gasteiger charge is -2.14. The number of H-pyrrole nitrogens is 1. The van der Waals surface area contributed by atoms with Crippen molar-refractivity contribution in [3.8, 4) is 22.9 Å². The molecule has 8 nitrogen and oxygen atoms in total. The van der Waals surface area contributed by atoms with Crippen molar-refractivity contribution in [3.05, 3.63) is 35.9 Å². The molecule has 1 amide bonds. The average molecular weight is 415 g/mol. The van der Waals surface area contributed by atoms with Crippen LogP contribution in [0.25, 0.3) is 22.4 Å². The van der Waals surface area contributed by atoms with Crippen molar-refractivity contribution in [1.82, 2.24) is 9.97 Å². The third-order valence-electron chi connectivity index (χ3n) is 5.12. The minimum absolute atomic E-state index is 0.0420. The molecule has 152 valence electrons. The fraction of sp³-hybridized carbons (Fsp3) is 0.300. The lowest BCUT2D eigenvalue weighted by molar-refractivity contribution is -0.119. The summed E-state index contributed by atoms with van der Waals surface area (Å²) in [5.41, 5.74) is 3.20. The van der Waals surface area contributed by atoms with E-state index in [0.717, 1.165) is 22.3 Å². The molecule has 2 aromatic carbocycles. The highest BCUT2D eigenvalue weighted by Crippen LogP contribution is 2.40. The first-order valence-electron chi connectivity index (χ1n) is 9.11. The zero-order valence-electron chi connectivity index (χ0n) is 16.5. The lowest BCUT2D eigenvalue weighted by atomic mass is 9.86. The second-order valence-corrected chi connectivity index (χ2v) is 9.23. The SMILES string of the molecule is CCS(=O)(=O)Oc1ccc(-c2nc3cc4c(cc3[nH]2)NC(=O)C4(C)C)c(OC)c1. The highest BCUT2D eigenvalue weighted by atomic mass is 32.2. The monoisotopic (exact) mass is 415 g/mol. The van der Waals surface area contributed by atoms with Gasteiger partial charge in [0.2, 0.25) is 5.91 Å². The summed E-state index contributed by atoms with van der Waals surface area (Å²) in [5.74, 6) is 0.994. The highest BCUT2D eigenvalue weighted by Gasteiger charge is 2.38. The molecule has 0 fully saturated rings. The number of nitrogens with one attached hydrogen (secondary N) is 2. The zero-order chi connectivity index (χ0) is 21.0. The number of aromatic amines is 1. The summed E-state index contributed by atoms with van der Waals surface area (Å²) in [6.45, 7) is 5.26. The van der Waals surface area contributed by atoms with Crippen LogP contribution in [-0.2, 0) is 20.3 Å². The van der Waals surface area contributed by atoms with Gasteiger partial charge in [-0.25, -0.2) is 4.98 Å². The molecule has 9 heteroatoms. The number of imidazole rings is 1. The molecule has 0 spiro atoms. The fourth-order valence-corrected chi connectivity index (χ4v) is 3.85. The number of nitrogens with zero attached hydrogens (tertiary/aromatic N) is 1. The Bertz CT molecular complexity index is 1240. The smallest absolute Gasteiger partial charge is 0.308 e. The van der Waals surface area contributed by atoms with Gasteiger partial charge in [0.15, 0.2) is 0 Å². The number of ether oxygens (including phenoxy) is 1. The summed E-state index contributed by atoms with van der Waals surface area (Å²) in [6.07, 6.45) is 0. The average Bonchev–Trinajstić information content (AvgIpc) is 3.18. The maximum atomic E-state index is 12.2. The van der Waals surface area contributed by atoms with Gasteiger partial charge in [-0.05, 0) is 50.6 Å². The van der Waals surface area contributed by atoms with E-state index in [-0.39, 0.29) is 17.4 Å². The maximum absolute atomic E-state index is 12.2. The molecule has 0 unspecified atom stereocenters. The predicted octanol–water partition coefficient (Wildman–Crippen LogP) is 3.20. The van der Waals surface area contributed by atoms with Gasteiger partial charge in [0.25, 0.3) is 0 Å². The summed E-state index contributed by atoms with van der Waals surface area (Å²) >= 11 is 0. The Kier molecular flexibility index (Phi) is 4.30. The topological polar surface area (TPSA) is 110 Å². The number of carbonyl (C=O) groups excluding carboxylic acids is 1. The number of hydrogen-bond acceptors (Lipinski definition) is 6. The quantitative estimate of drug-likeness (QED) is 0.619. The van der Waals surface area contributed by atoms with Gasteiger partial charge < -0.3 is 19.2 Å². The number of amides is 1. The van der Waals surface area contributed by atoms with Crippen molar-refractivity contribution in [3.63, 3.8) is 0 Å². The summed E-state index contributed by atoms with van der Waals surface area (Å²) in [7, 11) is -2.14. The first-order valence-corrected chi connectivity index (χ1v) is 10.7. The van der Waals surface area contributed by atoms with Gasteiger partial charge in [0.05, 0.1) is 34.9 Å². The molecule has 0 saturated carbocycles. The maximum Gasteiger partial charge on any atom is 0.308 e. The number of hydrogen-bond donors (Lipinski definition) is 2. The fourth-order valence-electron chi connectivity index (χ4n) is 3.33. The van der Waals surface area contributed by atoms with Crippen LogP contribution in [0.5, 0.6) is 11.5 Å². The molecule has 2 N–H and O–H groups in total. The molecule has 0 atom stereocenters. The van der Waals surface area contributed by atoms with Crippen LogP contribution in [0.15, 0.2) is 30.3 Å². The molecule has 1 aromatic heterocycles. The van der Waals surface area contributed by atoms with Crippen molar-refractivity contribution >= 4 is 32.7 Å². The van der Waals surface area contributed by atoms with Crippen LogP contribution in [0.1, 0.15) is 26.3 Å². The number of fused-ring (bicyclic) bond motifs is 2. The van der Waals surface area contributed by atoms with Gasteiger partial charge in [0.1, 0.15) is 17.3 Å². The van der Waals surface area contributed by atoms with Crippen molar-refractivity contribution < 1.29 is 22.1 Å². The minimum atomic E-state index is -3.63. The third kappa shape index (κ3) is 3.21. The van der Waals surface area contributed by atoms with Crippen LogP contribution in [0.2, 0.25) is 0 Å². The van der Waals surface area contributed by atoms with Crippen molar-refractivity contribution in [2.24, 2.45) is 0 Å². The van der Waals surface area contributed by atoms with Crippen molar-refractivity contribution in [1.29, 1.82) is 0 Å². The second kappa shape index (κ2) is 6.48. The summed E-state index contributed by atoms with van der Waals surface area (Å²) in [4.78, 5) is 20.0. The van der Waals surface area contributed by atoms with Gasteiger partial charge in [-0.2, -0.15) is 8.42 Å². The summed E-state index contributed by atoms with van der Waals surface area (Å²) in [5, 5.41) is 2.90. The summed E-state index contributed by atoms with van der Waals surface area (Å²) < 4.78 is 33.9. The Hall–Kier alpha value is -3.07. The molecule has 1 aliphatic rings. The van der Waals surface area contributed by atoms with Crippen LogP contribution >= 0.6 is 0 Å². The van der Waals surface area contributed by atoms with E-state index < -0.39 is 15.5 Å². The van der Waals surface area contributed by atoms with E-state index in [4.69, 9.17) is 8.92 Å². The normalized spacial score (nSPS) is 15.2. The van der Waals surface area contributed by atoms with Gasteiger partial charge in [-0.3, -0.25) is 4.79 Å². The molecule has 4 rings (SSSR count). The molecule has 2 heterocycles. The van der Waals surface area contributed by atoms with E-state index >= 15 is 0 Å². The number of anilines is 1. The number of methoxy groups -OCH3 is 1. The Labute approximate surface area is 168 Å². The molecule has 0 bridgehead atoms. The second-order valence-electron chi connectivity index (χ2n) is 7.37. The van der Waals surface area contributed by atoms with E-state index in [2.05, 4.69) is 15.3 Å². The number of rotatable bonds is 5. The molecule has 0 radical (unpaired) electrons. The van der Waals surface area contributed by atoms with E-state index in [1.807, 2.05) is 26.0 Å². The first kappa shape index (κ1) is 19.3. The predicted molar refractivity (Wildman–Crippen MR) is 110 cm³/mol. The lowest BCUT2D eigenvalue weighted by Crippen LogP contribution is -2.26. The first-order chi connectivity index (χ1) is 13.6. The highest BCUT2D eigenvalue weighted by molar-refractivity contribution is 7.87. The Morgan fingerprint density at radius 1 is 1.17 bits per heavy atom. The van der Waals surface area contributed by atoms with E-state index in [0.29, 0.717) is 17.1 Å². The summed E-state index contributed by atoms with van der Waals surface area (Å²) in [6, 6.07) is 8.53. The zero-order valence-corrected chi connectivity index (χ0v) is 17.3. The van der Waals surface area contributed by atoms with E-state index in [1.54, 1.807) is 12.1 Å². The van der Waals surface area contributed by atoms with Crippen LogP contribution in [0, 0.1) is 0 Å². The number of aromatic nitrogens is 2. The van der Waals surface area contributed by atoms with Crippen LogP contribution in [0.4, 0.5) is 5.69 Å². The molecule has 3 aromatic rings. The van der Waals surface area contributed by atoms with Crippen molar-refractivity contribution in [2.45, 2.75) is 26.2 Å². The molecule has 29 heavy (non-hydrogen) atoms. The third-order valence-corrected chi connectivity index (χ3v) is 6.27. The molecular weight excluding hydrogens is 394 g/mol. The number of benzene rings is 2. The van der Waals surface area contributed by atoms with E-state index in [1.165, 1.54) is 20.1 Å². The van der Waals surface area contributed by atoms with Gasteiger partial charge in [-0.1, -0.05) is 0 Å². The minimum Gasteiger partial charge on any atom is -0.496 e. The van der Waals surface area contributed by atoms with Gasteiger partial charge in [0, 0.05) is 11.8 Å². The van der Waals surface area contributed by atoms with Crippen LogP contribution in [-0.4, -0.2) is 37.2 Å².